The molecule has 1 atom stereocenters. The zero-order valence-electron chi connectivity index (χ0n) is 11.8. The van der Waals surface area contributed by atoms with Crippen molar-refractivity contribution in [2.75, 3.05) is 7.05 Å². The minimum absolute atomic E-state index is 0.175. The first-order chi connectivity index (χ1) is 9.65. The fraction of sp³-hybridized carbons (Fsp3) is 0.294. The van der Waals surface area contributed by atoms with Gasteiger partial charge < -0.3 is 5.32 Å². The van der Waals surface area contributed by atoms with Gasteiger partial charge in [-0.2, -0.15) is 0 Å². The number of benzene rings is 2. The third kappa shape index (κ3) is 3.38. The Hall–Kier alpha value is -1.38. The van der Waals surface area contributed by atoms with Gasteiger partial charge in [0.15, 0.2) is 0 Å². The highest BCUT2D eigenvalue weighted by Crippen LogP contribution is 2.26. The van der Waals surface area contributed by atoms with Crippen molar-refractivity contribution in [1.82, 2.24) is 5.32 Å². The van der Waals surface area contributed by atoms with Gasteiger partial charge in [-0.25, -0.2) is 4.39 Å². The van der Waals surface area contributed by atoms with E-state index in [4.69, 9.17) is 11.6 Å². The van der Waals surface area contributed by atoms with Crippen molar-refractivity contribution in [2.45, 2.75) is 25.8 Å². The number of likely N-dealkylation sites (N-methyl/N-ethyl adjacent to an activating group) is 1. The number of hydrogen-bond donors (Lipinski definition) is 1. The Bertz CT molecular complexity index is 583. The van der Waals surface area contributed by atoms with Gasteiger partial charge in [0.05, 0.1) is 0 Å². The Balaban J connectivity index is 2.29. The van der Waals surface area contributed by atoms with Crippen molar-refractivity contribution in [3.05, 3.63) is 70.0 Å². The molecule has 0 bridgehead atoms. The number of aryl methyl sites for hydroxylation is 1. The van der Waals surface area contributed by atoms with Gasteiger partial charge in [0.1, 0.15) is 5.82 Å². The molecule has 106 valence electrons. The Morgan fingerprint density at radius 2 is 1.90 bits per heavy atom. The molecule has 0 aliphatic heterocycles. The summed E-state index contributed by atoms with van der Waals surface area (Å²) in [7, 11) is 1.94. The molecule has 2 aromatic rings. The summed E-state index contributed by atoms with van der Waals surface area (Å²) in [6.07, 6.45) is 1.73. The van der Waals surface area contributed by atoms with Crippen LogP contribution >= 0.6 is 11.6 Å². The maximum atomic E-state index is 13.1. The second-order valence-corrected chi connectivity index (χ2v) is 5.24. The summed E-state index contributed by atoms with van der Waals surface area (Å²) in [5.74, 6) is -0.297. The highest BCUT2D eigenvalue weighted by atomic mass is 35.5. The number of halogens is 2. The lowest BCUT2D eigenvalue weighted by atomic mass is 9.94. The fourth-order valence-corrected chi connectivity index (χ4v) is 2.72. The maximum absolute atomic E-state index is 13.1. The molecular weight excluding hydrogens is 273 g/mol. The minimum Gasteiger partial charge on any atom is -0.313 e. The molecule has 0 aliphatic carbocycles. The van der Waals surface area contributed by atoms with Crippen LogP contribution in [0.1, 0.15) is 29.7 Å². The summed E-state index contributed by atoms with van der Waals surface area (Å²) in [6, 6.07) is 13.1. The predicted molar refractivity (Wildman–Crippen MR) is 82.7 cm³/mol. The largest absolute Gasteiger partial charge is 0.313 e. The van der Waals surface area contributed by atoms with Crippen LogP contribution in [-0.2, 0) is 12.8 Å². The van der Waals surface area contributed by atoms with E-state index in [9.17, 15) is 4.39 Å². The summed E-state index contributed by atoms with van der Waals surface area (Å²) < 4.78 is 13.1. The molecule has 0 aliphatic rings. The third-order valence-electron chi connectivity index (χ3n) is 3.60. The molecule has 0 amide bonds. The van der Waals surface area contributed by atoms with E-state index in [0.29, 0.717) is 5.02 Å². The molecule has 1 nitrogen and oxygen atoms in total. The van der Waals surface area contributed by atoms with Gasteiger partial charge in [-0.1, -0.05) is 48.9 Å². The van der Waals surface area contributed by atoms with Gasteiger partial charge in [0.25, 0.3) is 0 Å². The van der Waals surface area contributed by atoms with Crippen LogP contribution in [0.5, 0.6) is 0 Å². The van der Waals surface area contributed by atoms with Crippen LogP contribution in [-0.4, -0.2) is 7.05 Å². The van der Waals surface area contributed by atoms with Crippen molar-refractivity contribution < 1.29 is 4.39 Å². The van der Waals surface area contributed by atoms with E-state index >= 15 is 0 Å². The fourth-order valence-electron chi connectivity index (χ4n) is 2.47. The lowest BCUT2D eigenvalue weighted by molar-refractivity contribution is 0.584. The molecule has 1 unspecified atom stereocenters. The van der Waals surface area contributed by atoms with E-state index in [0.717, 1.165) is 18.4 Å². The number of rotatable bonds is 5. The molecule has 0 aromatic heterocycles. The first-order valence-electron chi connectivity index (χ1n) is 6.84. The second kappa shape index (κ2) is 6.87. The average molecular weight is 292 g/mol. The van der Waals surface area contributed by atoms with Crippen LogP contribution in [0.2, 0.25) is 5.02 Å². The predicted octanol–water partition coefficient (Wildman–Crippen LogP) is 4.54. The van der Waals surface area contributed by atoms with E-state index in [1.807, 2.05) is 13.1 Å². The second-order valence-electron chi connectivity index (χ2n) is 4.83. The van der Waals surface area contributed by atoms with Gasteiger partial charge >= 0.3 is 0 Å². The highest BCUT2D eigenvalue weighted by Gasteiger charge is 2.15. The molecule has 3 heteroatoms. The smallest absolute Gasteiger partial charge is 0.124 e. The minimum atomic E-state index is -0.297. The summed E-state index contributed by atoms with van der Waals surface area (Å²) in [6.45, 7) is 2.15. The highest BCUT2D eigenvalue weighted by molar-refractivity contribution is 6.31. The monoisotopic (exact) mass is 291 g/mol. The zero-order chi connectivity index (χ0) is 14.5. The van der Waals surface area contributed by atoms with Gasteiger partial charge in [-0.3, -0.25) is 0 Å². The molecule has 0 saturated heterocycles. The van der Waals surface area contributed by atoms with Crippen molar-refractivity contribution in [3.63, 3.8) is 0 Å². The Labute approximate surface area is 124 Å². The number of nitrogens with one attached hydrogen (secondary N) is 1. The van der Waals surface area contributed by atoms with Gasteiger partial charge in [0.2, 0.25) is 0 Å². The molecule has 0 spiro atoms. The van der Waals surface area contributed by atoms with Crippen LogP contribution in [0.25, 0.3) is 0 Å². The number of hydrogen-bond acceptors (Lipinski definition) is 1. The van der Waals surface area contributed by atoms with Crippen molar-refractivity contribution >= 4 is 11.6 Å². The van der Waals surface area contributed by atoms with Gasteiger partial charge in [0, 0.05) is 11.1 Å². The molecule has 0 saturated carbocycles. The summed E-state index contributed by atoms with van der Waals surface area (Å²) >= 11 is 6.12. The summed E-state index contributed by atoms with van der Waals surface area (Å²) in [5.41, 5.74) is 3.56. The molecule has 0 heterocycles. The molecular formula is C17H19ClFN. The quantitative estimate of drug-likeness (QED) is 0.852. The maximum Gasteiger partial charge on any atom is 0.124 e. The summed E-state index contributed by atoms with van der Waals surface area (Å²) in [5, 5.41) is 3.82. The van der Waals surface area contributed by atoms with Crippen LogP contribution in [0.4, 0.5) is 4.39 Å². The Morgan fingerprint density at radius 1 is 1.15 bits per heavy atom. The topological polar surface area (TPSA) is 12.0 Å². The molecule has 20 heavy (non-hydrogen) atoms. The van der Waals surface area contributed by atoms with Gasteiger partial charge in [-0.05, 0) is 48.7 Å². The first kappa shape index (κ1) is 15.0. The van der Waals surface area contributed by atoms with E-state index in [1.54, 1.807) is 6.07 Å². The molecule has 2 rings (SSSR count). The van der Waals surface area contributed by atoms with Crippen molar-refractivity contribution in [3.8, 4) is 0 Å². The Morgan fingerprint density at radius 3 is 2.55 bits per heavy atom. The van der Waals surface area contributed by atoms with Gasteiger partial charge in [-0.15, -0.1) is 0 Å². The zero-order valence-corrected chi connectivity index (χ0v) is 12.5. The SMILES string of the molecule is CCc1ccccc1C(Cc1ccc(F)cc1Cl)NC. The van der Waals surface area contributed by atoms with E-state index in [2.05, 4.69) is 30.4 Å². The molecule has 1 N–H and O–H groups in total. The van der Waals surface area contributed by atoms with E-state index < -0.39 is 0 Å². The molecule has 0 fully saturated rings. The van der Waals surface area contributed by atoms with Crippen molar-refractivity contribution in [1.29, 1.82) is 0 Å². The van der Waals surface area contributed by atoms with Crippen LogP contribution in [0.15, 0.2) is 42.5 Å². The third-order valence-corrected chi connectivity index (χ3v) is 3.95. The van der Waals surface area contributed by atoms with Crippen molar-refractivity contribution in [2.24, 2.45) is 0 Å². The normalized spacial score (nSPS) is 12.4. The van der Waals surface area contributed by atoms with Crippen LogP contribution in [0, 0.1) is 5.82 Å². The van der Waals surface area contributed by atoms with E-state index in [1.165, 1.54) is 23.3 Å². The lowest BCUT2D eigenvalue weighted by Crippen LogP contribution is -2.20. The average Bonchev–Trinajstić information content (AvgIpc) is 2.46. The van der Waals surface area contributed by atoms with Crippen LogP contribution in [0.3, 0.4) is 0 Å². The summed E-state index contributed by atoms with van der Waals surface area (Å²) in [4.78, 5) is 0. The molecule has 0 radical (unpaired) electrons. The van der Waals surface area contributed by atoms with Crippen LogP contribution < -0.4 is 5.32 Å². The molecule has 2 aromatic carbocycles. The van der Waals surface area contributed by atoms with E-state index in [-0.39, 0.29) is 11.9 Å². The first-order valence-corrected chi connectivity index (χ1v) is 7.22. The standard InChI is InChI=1S/C17H19ClFN/c1-3-12-6-4-5-7-15(12)17(20-2)10-13-8-9-14(19)11-16(13)18/h4-9,11,17,20H,3,10H2,1-2H3. The lowest BCUT2D eigenvalue weighted by Gasteiger charge is -2.20. The Kier molecular flexibility index (Phi) is 5.16.